The van der Waals surface area contributed by atoms with E-state index in [4.69, 9.17) is 0 Å². The Balaban J connectivity index is 0.000000791. The van der Waals surface area contributed by atoms with E-state index in [0.29, 0.717) is 20.5 Å². The highest BCUT2D eigenvalue weighted by Gasteiger charge is 2.12. The maximum Gasteiger partial charge on any atom is 0.348 e. The largest absolute Gasteiger partial charge is 0.465 e. The molecule has 0 bridgehead atoms. The molecule has 1 aromatic heterocycles. The normalized spacial score (nSPS) is 8.57. The smallest absolute Gasteiger partial charge is 0.348 e. The minimum atomic E-state index is -0.422. The van der Waals surface area contributed by atoms with Crippen molar-refractivity contribution >= 4 is 39.5 Å². The number of ether oxygens (including phenoxy) is 1. The summed E-state index contributed by atoms with van der Waals surface area (Å²) in [6.07, 6.45) is 0.696. The van der Waals surface area contributed by atoms with E-state index >= 15 is 0 Å². The Morgan fingerprint density at radius 3 is 2.50 bits per heavy atom. The van der Waals surface area contributed by atoms with Gasteiger partial charge in [-0.3, -0.25) is 4.79 Å². The van der Waals surface area contributed by atoms with Gasteiger partial charge in [0.2, 0.25) is 0 Å². The van der Waals surface area contributed by atoms with Gasteiger partial charge in [-0.1, -0.05) is 13.8 Å². The molecule has 3 nitrogen and oxygen atoms in total. The molecular weight excluding hydrogens is 268 g/mol. The van der Waals surface area contributed by atoms with Gasteiger partial charge in [-0.05, 0) is 22.0 Å². The van der Waals surface area contributed by atoms with Crippen molar-refractivity contribution in [3.63, 3.8) is 0 Å². The molecule has 0 fully saturated rings. The number of carbonyl (C=O) groups excluding carboxylic acids is 2. The van der Waals surface area contributed by atoms with Crippen molar-refractivity contribution in [3.8, 4) is 0 Å². The van der Waals surface area contributed by atoms with Crippen LogP contribution in [0.4, 0.5) is 0 Å². The molecule has 14 heavy (non-hydrogen) atoms. The number of methoxy groups -OCH3 is 1. The Morgan fingerprint density at radius 1 is 1.57 bits per heavy atom. The number of hydrogen-bond acceptors (Lipinski definition) is 4. The van der Waals surface area contributed by atoms with Gasteiger partial charge in [-0.2, -0.15) is 0 Å². The van der Waals surface area contributed by atoms with Crippen molar-refractivity contribution < 1.29 is 14.3 Å². The molecule has 1 aromatic rings. The molecule has 0 saturated heterocycles. The number of esters is 1. The summed E-state index contributed by atoms with van der Waals surface area (Å²) < 4.78 is 5.11. The fraction of sp³-hybridized carbons (Fsp3) is 0.333. The van der Waals surface area contributed by atoms with Crippen LogP contribution in [0.25, 0.3) is 0 Å². The zero-order chi connectivity index (χ0) is 11.1. The predicted molar refractivity (Wildman–Crippen MR) is 60.1 cm³/mol. The molecule has 0 atom stereocenters. The molecule has 0 amide bonds. The van der Waals surface area contributed by atoms with Crippen LogP contribution >= 0.6 is 27.3 Å². The first kappa shape index (κ1) is 13.3. The second-order valence-electron chi connectivity index (χ2n) is 1.93. The minimum Gasteiger partial charge on any atom is -0.465 e. The van der Waals surface area contributed by atoms with Gasteiger partial charge in [0, 0.05) is 4.47 Å². The Kier molecular flexibility index (Phi) is 6.40. The van der Waals surface area contributed by atoms with E-state index < -0.39 is 5.97 Å². The molecule has 0 aliphatic heterocycles. The summed E-state index contributed by atoms with van der Waals surface area (Å²) in [5, 5.41) is 0. The maximum absolute atomic E-state index is 10.9. The third-order valence-corrected chi connectivity index (χ3v) is 3.17. The number of carbonyl (C=O) groups is 2. The van der Waals surface area contributed by atoms with Crippen LogP contribution in [0.3, 0.4) is 0 Å². The first-order valence-electron chi connectivity index (χ1n) is 4.02. The van der Waals surface area contributed by atoms with Crippen molar-refractivity contribution in [1.82, 2.24) is 0 Å². The van der Waals surface area contributed by atoms with Crippen LogP contribution in [-0.2, 0) is 4.74 Å². The standard InChI is InChI=1S/C7H5BrO3S.C2H6/c1-11-7(10)5-2-4(8)6(3-9)12-5;1-2/h2-3H,1H3;1-2H3. The lowest BCUT2D eigenvalue weighted by Crippen LogP contribution is -1.96. The Bertz CT molecular complexity index is 320. The number of hydrogen-bond donors (Lipinski definition) is 0. The highest BCUT2D eigenvalue weighted by atomic mass is 79.9. The zero-order valence-electron chi connectivity index (χ0n) is 8.17. The fourth-order valence-corrected chi connectivity index (χ4v) is 2.17. The van der Waals surface area contributed by atoms with Crippen LogP contribution in [0.5, 0.6) is 0 Å². The summed E-state index contributed by atoms with van der Waals surface area (Å²) in [6, 6.07) is 1.57. The third kappa shape index (κ3) is 3.23. The summed E-state index contributed by atoms with van der Waals surface area (Å²) in [5.74, 6) is -0.422. The van der Waals surface area contributed by atoms with Crippen LogP contribution in [-0.4, -0.2) is 19.4 Å². The molecular formula is C9H11BrO3S. The molecule has 5 heteroatoms. The SMILES string of the molecule is CC.COC(=O)c1cc(Br)c(C=O)s1. The summed E-state index contributed by atoms with van der Waals surface area (Å²) in [4.78, 5) is 22.2. The Morgan fingerprint density at radius 2 is 2.14 bits per heavy atom. The van der Waals surface area contributed by atoms with Crippen LogP contribution in [0.2, 0.25) is 0 Å². The van der Waals surface area contributed by atoms with E-state index in [2.05, 4.69) is 20.7 Å². The van der Waals surface area contributed by atoms with Crippen molar-refractivity contribution in [3.05, 3.63) is 20.3 Å². The maximum atomic E-state index is 10.9. The van der Waals surface area contributed by atoms with Crippen LogP contribution in [0, 0.1) is 0 Å². The van der Waals surface area contributed by atoms with Gasteiger partial charge in [0.1, 0.15) is 4.88 Å². The fourth-order valence-electron chi connectivity index (χ4n) is 0.664. The van der Waals surface area contributed by atoms with Crippen LogP contribution in [0.1, 0.15) is 33.2 Å². The molecule has 1 heterocycles. The van der Waals surface area contributed by atoms with Crippen molar-refractivity contribution in [1.29, 1.82) is 0 Å². The van der Waals surface area contributed by atoms with Gasteiger partial charge in [0.25, 0.3) is 0 Å². The molecule has 0 aliphatic carbocycles. The summed E-state index contributed by atoms with van der Waals surface area (Å²) in [5.41, 5.74) is 0. The number of rotatable bonds is 2. The van der Waals surface area contributed by atoms with E-state index in [0.717, 1.165) is 11.3 Å². The highest BCUT2D eigenvalue weighted by Crippen LogP contribution is 2.26. The summed E-state index contributed by atoms with van der Waals surface area (Å²) in [7, 11) is 1.30. The van der Waals surface area contributed by atoms with E-state index in [1.165, 1.54) is 7.11 Å². The molecule has 1 rings (SSSR count). The van der Waals surface area contributed by atoms with Gasteiger partial charge in [0.05, 0.1) is 12.0 Å². The van der Waals surface area contributed by atoms with Gasteiger partial charge < -0.3 is 4.74 Å². The van der Waals surface area contributed by atoms with Crippen LogP contribution in [0.15, 0.2) is 10.5 Å². The van der Waals surface area contributed by atoms with E-state index in [-0.39, 0.29) is 0 Å². The van der Waals surface area contributed by atoms with Gasteiger partial charge >= 0.3 is 5.97 Å². The first-order chi connectivity index (χ1) is 6.69. The second-order valence-corrected chi connectivity index (χ2v) is 3.87. The molecule has 0 N–H and O–H groups in total. The second kappa shape index (κ2) is 6.73. The topological polar surface area (TPSA) is 43.4 Å². The average Bonchev–Trinajstić information content (AvgIpc) is 2.61. The lowest BCUT2D eigenvalue weighted by atomic mass is 10.4. The lowest BCUT2D eigenvalue weighted by Gasteiger charge is -1.90. The van der Waals surface area contributed by atoms with Gasteiger partial charge in [0.15, 0.2) is 6.29 Å². The number of aldehydes is 1. The lowest BCUT2D eigenvalue weighted by molar-refractivity contribution is 0.0606. The molecule has 0 spiro atoms. The summed E-state index contributed by atoms with van der Waals surface area (Å²) >= 11 is 4.25. The Hall–Kier alpha value is -0.680. The van der Waals surface area contributed by atoms with E-state index in [9.17, 15) is 9.59 Å². The third-order valence-electron chi connectivity index (χ3n) is 1.21. The quantitative estimate of drug-likeness (QED) is 0.617. The molecule has 0 saturated carbocycles. The highest BCUT2D eigenvalue weighted by molar-refractivity contribution is 9.10. The summed E-state index contributed by atoms with van der Waals surface area (Å²) in [6.45, 7) is 4.00. The predicted octanol–water partition coefficient (Wildman–Crippen LogP) is 3.14. The van der Waals surface area contributed by atoms with Gasteiger partial charge in [-0.15, -0.1) is 11.3 Å². The first-order valence-corrected chi connectivity index (χ1v) is 5.62. The van der Waals surface area contributed by atoms with Gasteiger partial charge in [-0.25, -0.2) is 4.79 Å². The Labute approximate surface area is 95.2 Å². The van der Waals surface area contributed by atoms with Crippen molar-refractivity contribution in [2.24, 2.45) is 0 Å². The molecule has 0 aliphatic rings. The molecule has 0 radical (unpaired) electrons. The number of thiophene rings is 1. The van der Waals surface area contributed by atoms with Crippen molar-refractivity contribution in [2.75, 3.05) is 7.11 Å². The molecule has 78 valence electrons. The minimum absolute atomic E-state index is 0.422. The molecule has 0 aromatic carbocycles. The van der Waals surface area contributed by atoms with E-state index in [1.54, 1.807) is 6.07 Å². The van der Waals surface area contributed by atoms with E-state index in [1.807, 2.05) is 13.8 Å². The zero-order valence-corrected chi connectivity index (χ0v) is 10.6. The van der Waals surface area contributed by atoms with Crippen LogP contribution < -0.4 is 0 Å². The molecule has 0 unspecified atom stereocenters. The van der Waals surface area contributed by atoms with Crippen molar-refractivity contribution in [2.45, 2.75) is 13.8 Å². The number of halogens is 1. The monoisotopic (exact) mass is 278 g/mol. The average molecular weight is 279 g/mol.